The smallest absolute Gasteiger partial charge is 0.229 e. The number of thiazole rings is 1. The Morgan fingerprint density at radius 2 is 2.04 bits per heavy atom. The second kappa shape index (κ2) is 7.34. The van der Waals surface area contributed by atoms with Crippen molar-refractivity contribution in [2.75, 3.05) is 6.61 Å². The van der Waals surface area contributed by atoms with Gasteiger partial charge in [-0.15, -0.1) is 11.3 Å². The fraction of sp³-hybridized carbons (Fsp3) is 0.474. The third-order valence-electron chi connectivity index (χ3n) is 4.08. The molecule has 0 bridgehead atoms. The molecule has 4 nitrogen and oxygen atoms in total. The van der Waals surface area contributed by atoms with Crippen molar-refractivity contribution < 1.29 is 9.53 Å². The van der Waals surface area contributed by atoms with Crippen molar-refractivity contribution in [3.05, 3.63) is 35.3 Å². The SMILES string of the molecule is CCOc1ccc(-c2nc(CC(=O)N(C(C)C)C3CC3)cs2)cc1. The molecule has 1 aliphatic carbocycles. The molecule has 0 atom stereocenters. The average molecular weight is 344 g/mol. The van der Waals surface area contributed by atoms with Gasteiger partial charge in [0.25, 0.3) is 0 Å². The predicted molar refractivity (Wildman–Crippen MR) is 97.4 cm³/mol. The Morgan fingerprint density at radius 1 is 1.33 bits per heavy atom. The average Bonchev–Trinajstić information content (AvgIpc) is 3.26. The van der Waals surface area contributed by atoms with Gasteiger partial charge in [-0.05, 0) is 57.9 Å². The molecule has 0 radical (unpaired) electrons. The van der Waals surface area contributed by atoms with Gasteiger partial charge in [-0.2, -0.15) is 0 Å². The number of carbonyl (C=O) groups is 1. The molecule has 0 aliphatic heterocycles. The Kier molecular flexibility index (Phi) is 5.19. The van der Waals surface area contributed by atoms with Crippen molar-refractivity contribution in [1.29, 1.82) is 0 Å². The monoisotopic (exact) mass is 344 g/mol. The Morgan fingerprint density at radius 3 is 2.62 bits per heavy atom. The molecule has 128 valence electrons. The second-order valence-corrected chi connectivity index (χ2v) is 7.26. The van der Waals surface area contributed by atoms with E-state index in [1.165, 1.54) is 0 Å². The minimum Gasteiger partial charge on any atom is -0.494 e. The molecule has 0 N–H and O–H groups in total. The third-order valence-corrected chi connectivity index (χ3v) is 5.02. The van der Waals surface area contributed by atoms with E-state index in [0.717, 1.165) is 34.9 Å². The number of benzene rings is 1. The highest BCUT2D eigenvalue weighted by Gasteiger charge is 2.34. The topological polar surface area (TPSA) is 42.4 Å². The van der Waals surface area contributed by atoms with E-state index in [1.54, 1.807) is 11.3 Å². The van der Waals surface area contributed by atoms with Crippen LogP contribution in [0.25, 0.3) is 10.6 Å². The summed E-state index contributed by atoms with van der Waals surface area (Å²) in [7, 11) is 0. The van der Waals surface area contributed by atoms with E-state index in [4.69, 9.17) is 4.74 Å². The van der Waals surface area contributed by atoms with Gasteiger partial charge in [-0.1, -0.05) is 0 Å². The lowest BCUT2D eigenvalue weighted by Crippen LogP contribution is -2.39. The zero-order chi connectivity index (χ0) is 17.1. The van der Waals surface area contributed by atoms with E-state index in [9.17, 15) is 4.79 Å². The molecule has 0 unspecified atom stereocenters. The largest absolute Gasteiger partial charge is 0.494 e. The highest BCUT2D eigenvalue weighted by atomic mass is 32.1. The highest BCUT2D eigenvalue weighted by molar-refractivity contribution is 7.13. The van der Waals surface area contributed by atoms with Gasteiger partial charge in [0.2, 0.25) is 5.91 Å². The molecule has 1 aliphatic rings. The van der Waals surface area contributed by atoms with Crippen LogP contribution in [0, 0.1) is 0 Å². The summed E-state index contributed by atoms with van der Waals surface area (Å²) in [4.78, 5) is 19.2. The lowest BCUT2D eigenvalue weighted by molar-refractivity contribution is -0.132. The first kappa shape index (κ1) is 17.0. The summed E-state index contributed by atoms with van der Waals surface area (Å²) in [5, 5.41) is 2.94. The Bertz CT molecular complexity index is 688. The molecule has 5 heteroatoms. The van der Waals surface area contributed by atoms with Crippen molar-refractivity contribution in [3.63, 3.8) is 0 Å². The minimum absolute atomic E-state index is 0.191. The van der Waals surface area contributed by atoms with E-state index in [2.05, 4.69) is 18.8 Å². The summed E-state index contributed by atoms with van der Waals surface area (Å²) in [6.07, 6.45) is 2.67. The summed E-state index contributed by atoms with van der Waals surface area (Å²) >= 11 is 1.59. The summed E-state index contributed by atoms with van der Waals surface area (Å²) in [5.74, 6) is 1.06. The van der Waals surface area contributed by atoms with Crippen LogP contribution in [0.15, 0.2) is 29.6 Å². The molecule has 1 aromatic carbocycles. The number of hydrogen-bond acceptors (Lipinski definition) is 4. The molecule has 3 rings (SSSR count). The molecule has 1 heterocycles. The van der Waals surface area contributed by atoms with Gasteiger partial charge in [0.05, 0.1) is 18.7 Å². The van der Waals surface area contributed by atoms with Crippen LogP contribution in [0.3, 0.4) is 0 Å². The maximum Gasteiger partial charge on any atom is 0.229 e. The van der Waals surface area contributed by atoms with Crippen LogP contribution in [0.1, 0.15) is 39.3 Å². The van der Waals surface area contributed by atoms with Crippen molar-refractivity contribution in [2.45, 2.75) is 52.1 Å². The minimum atomic E-state index is 0.191. The Hall–Kier alpha value is -1.88. The molecular formula is C19H24N2O2S. The Balaban J connectivity index is 1.67. The lowest BCUT2D eigenvalue weighted by atomic mass is 10.2. The number of hydrogen-bond donors (Lipinski definition) is 0. The zero-order valence-corrected chi connectivity index (χ0v) is 15.3. The first-order valence-electron chi connectivity index (χ1n) is 8.57. The fourth-order valence-electron chi connectivity index (χ4n) is 2.89. The fourth-order valence-corrected chi connectivity index (χ4v) is 3.72. The predicted octanol–water partition coefficient (Wildman–Crippen LogP) is 4.15. The normalized spacial score (nSPS) is 14.0. The summed E-state index contributed by atoms with van der Waals surface area (Å²) in [5.41, 5.74) is 1.92. The van der Waals surface area contributed by atoms with Crippen molar-refractivity contribution >= 4 is 17.2 Å². The van der Waals surface area contributed by atoms with Gasteiger partial charge >= 0.3 is 0 Å². The van der Waals surface area contributed by atoms with E-state index in [1.807, 2.05) is 41.5 Å². The number of nitrogens with zero attached hydrogens (tertiary/aromatic N) is 2. The number of amides is 1. The van der Waals surface area contributed by atoms with Crippen molar-refractivity contribution in [3.8, 4) is 16.3 Å². The summed E-state index contributed by atoms with van der Waals surface area (Å²) < 4.78 is 5.46. The molecule has 24 heavy (non-hydrogen) atoms. The summed E-state index contributed by atoms with van der Waals surface area (Å²) in [6, 6.07) is 8.65. The van der Waals surface area contributed by atoms with Gasteiger partial charge in [-0.3, -0.25) is 4.79 Å². The highest BCUT2D eigenvalue weighted by Crippen LogP contribution is 2.30. The maximum absolute atomic E-state index is 12.6. The van der Waals surface area contributed by atoms with Crippen molar-refractivity contribution in [1.82, 2.24) is 9.88 Å². The van der Waals surface area contributed by atoms with Crippen LogP contribution in [0.4, 0.5) is 0 Å². The van der Waals surface area contributed by atoms with Crippen LogP contribution in [-0.2, 0) is 11.2 Å². The van der Waals surface area contributed by atoms with Gasteiger partial charge in [0.15, 0.2) is 0 Å². The van der Waals surface area contributed by atoms with Gasteiger partial charge in [0.1, 0.15) is 10.8 Å². The summed E-state index contributed by atoms with van der Waals surface area (Å²) in [6.45, 7) is 6.81. The molecule has 2 aromatic rings. The van der Waals surface area contributed by atoms with E-state index in [0.29, 0.717) is 19.1 Å². The molecule has 1 fully saturated rings. The number of carbonyl (C=O) groups excluding carboxylic acids is 1. The molecule has 0 saturated heterocycles. The van der Waals surface area contributed by atoms with Gasteiger partial charge in [0, 0.05) is 23.0 Å². The lowest BCUT2D eigenvalue weighted by Gasteiger charge is -2.26. The van der Waals surface area contributed by atoms with Crippen LogP contribution in [-0.4, -0.2) is 34.5 Å². The number of ether oxygens (including phenoxy) is 1. The van der Waals surface area contributed by atoms with Crippen molar-refractivity contribution in [2.24, 2.45) is 0 Å². The van der Waals surface area contributed by atoms with E-state index in [-0.39, 0.29) is 11.9 Å². The van der Waals surface area contributed by atoms with Crippen LogP contribution in [0.2, 0.25) is 0 Å². The molecule has 1 saturated carbocycles. The maximum atomic E-state index is 12.6. The standard InChI is InChI=1S/C19H24N2O2S/c1-4-23-17-9-5-14(6-10-17)19-20-15(12-24-19)11-18(22)21(13(2)3)16-7-8-16/h5-6,9-10,12-13,16H,4,7-8,11H2,1-3H3. The zero-order valence-electron chi connectivity index (χ0n) is 14.5. The molecule has 1 aromatic heterocycles. The molecular weight excluding hydrogens is 320 g/mol. The first-order valence-corrected chi connectivity index (χ1v) is 9.45. The third kappa shape index (κ3) is 3.96. The molecule has 1 amide bonds. The number of rotatable bonds is 7. The van der Waals surface area contributed by atoms with Crippen LogP contribution >= 0.6 is 11.3 Å². The van der Waals surface area contributed by atoms with Gasteiger partial charge < -0.3 is 9.64 Å². The Labute approximate surface area is 147 Å². The van der Waals surface area contributed by atoms with Crippen LogP contribution < -0.4 is 4.74 Å². The molecule has 0 spiro atoms. The quantitative estimate of drug-likeness (QED) is 0.758. The number of aromatic nitrogens is 1. The second-order valence-electron chi connectivity index (χ2n) is 6.40. The van der Waals surface area contributed by atoms with E-state index < -0.39 is 0 Å². The van der Waals surface area contributed by atoms with E-state index >= 15 is 0 Å². The van der Waals surface area contributed by atoms with Crippen LogP contribution in [0.5, 0.6) is 5.75 Å². The van der Waals surface area contributed by atoms with Gasteiger partial charge in [-0.25, -0.2) is 4.98 Å². The first-order chi connectivity index (χ1) is 11.6.